The molecule has 0 aliphatic carbocycles. The lowest BCUT2D eigenvalue weighted by atomic mass is 10.2. The number of aliphatic hydroxyl groups is 2. The predicted molar refractivity (Wildman–Crippen MR) is 84.8 cm³/mol. The van der Waals surface area contributed by atoms with Crippen LogP contribution in [0, 0.1) is 0 Å². The maximum atomic E-state index is 12.0. The molecule has 6 heteroatoms. The topological polar surface area (TPSA) is 76.0 Å². The summed E-state index contributed by atoms with van der Waals surface area (Å²) in [6.45, 7) is 6.20. The van der Waals surface area contributed by atoms with Crippen molar-refractivity contribution in [2.75, 3.05) is 49.6 Å². The summed E-state index contributed by atoms with van der Waals surface area (Å²) in [6.07, 6.45) is 0. The third kappa shape index (κ3) is 5.24. The number of amides is 2. The van der Waals surface area contributed by atoms with Gasteiger partial charge in [-0.3, -0.25) is 0 Å². The van der Waals surface area contributed by atoms with Crippen LogP contribution in [0.15, 0.2) is 24.3 Å². The molecule has 0 spiro atoms. The molecule has 0 heterocycles. The lowest BCUT2D eigenvalue weighted by Gasteiger charge is -2.23. The van der Waals surface area contributed by atoms with Gasteiger partial charge in [-0.05, 0) is 38.1 Å². The molecule has 0 bridgehead atoms. The summed E-state index contributed by atoms with van der Waals surface area (Å²) < 4.78 is 0. The van der Waals surface area contributed by atoms with Crippen molar-refractivity contribution in [3.63, 3.8) is 0 Å². The van der Waals surface area contributed by atoms with E-state index in [2.05, 4.69) is 24.1 Å². The number of benzene rings is 1. The van der Waals surface area contributed by atoms with Crippen molar-refractivity contribution in [2.24, 2.45) is 0 Å². The van der Waals surface area contributed by atoms with Gasteiger partial charge >= 0.3 is 6.03 Å². The van der Waals surface area contributed by atoms with Gasteiger partial charge in [-0.2, -0.15) is 0 Å². The summed E-state index contributed by atoms with van der Waals surface area (Å²) in [4.78, 5) is 15.6. The number of hydrogen-bond donors (Lipinski definition) is 3. The maximum Gasteiger partial charge on any atom is 0.321 e. The predicted octanol–water partition coefficient (Wildman–Crippen LogP) is 1.35. The summed E-state index contributed by atoms with van der Waals surface area (Å²) in [7, 11) is 0. The van der Waals surface area contributed by atoms with Gasteiger partial charge in [0.25, 0.3) is 0 Å². The quantitative estimate of drug-likeness (QED) is 0.677. The second-order valence-corrected chi connectivity index (χ2v) is 4.58. The fourth-order valence-corrected chi connectivity index (χ4v) is 2.10. The summed E-state index contributed by atoms with van der Waals surface area (Å²) in [5.41, 5.74) is 1.80. The van der Waals surface area contributed by atoms with E-state index < -0.39 is 0 Å². The lowest BCUT2D eigenvalue weighted by molar-refractivity contribution is 0.167. The number of hydrogen-bond acceptors (Lipinski definition) is 4. The van der Waals surface area contributed by atoms with Crippen LogP contribution >= 0.6 is 0 Å². The highest BCUT2D eigenvalue weighted by molar-refractivity contribution is 5.89. The first kappa shape index (κ1) is 17.3. The van der Waals surface area contributed by atoms with Crippen LogP contribution in [-0.4, -0.2) is 60.5 Å². The van der Waals surface area contributed by atoms with Gasteiger partial charge in [0.15, 0.2) is 0 Å². The molecule has 0 aliphatic rings. The normalized spacial score (nSPS) is 10.3. The third-order valence-corrected chi connectivity index (χ3v) is 3.27. The highest BCUT2D eigenvalue weighted by atomic mass is 16.3. The summed E-state index contributed by atoms with van der Waals surface area (Å²) in [5, 5.41) is 20.6. The van der Waals surface area contributed by atoms with Crippen LogP contribution in [0.1, 0.15) is 13.8 Å². The average molecular weight is 295 g/mol. The number of nitrogens with zero attached hydrogens (tertiary/aromatic N) is 2. The van der Waals surface area contributed by atoms with E-state index in [-0.39, 0.29) is 32.3 Å². The smallest absolute Gasteiger partial charge is 0.321 e. The second-order valence-electron chi connectivity index (χ2n) is 4.58. The zero-order valence-electron chi connectivity index (χ0n) is 12.7. The molecule has 0 fully saturated rings. The Bertz CT molecular complexity index is 413. The minimum atomic E-state index is -0.325. The third-order valence-electron chi connectivity index (χ3n) is 3.27. The zero-order valence-corrected chi connectivity index (χ0v) is 12.7. The van der Waals surface area contributed by atoms with Crippen LogP contribution < -0.4 is 10.2 Å². The Balaban J connectivity index is 2.67. The van der Waals surface area contributed by atoms with Crippen LogP contribution in [0.25, 0.3) is 0 Å². The maximum absolute atomic E-state index is 12.0. The molecule has 0 saturated heterocycles. The van der Waals surface area contributed by atoms with Crippen molar-refractivity contribution in [1.82, 2.24) is 4.90 Å². The molecule has 0 saturated carbocycles. The Morgan fingerprint density at radius 1 is 1.05 bits per heavy atom. The molecule has 3 N–H and O–H groups in total. The Morgan fingerprint density at radius 2 is 1.57 bits per heavy atom. The molecule has 0 aromatic heterocycles. The van der Waals surface area contributed by atoms with Crippen LogP contribution in [0.4, 0.5) is 16.2 Å². The number of nitrogens with one attached hydrogen (secondary N) is 1. The second kappa shape index (κ2) is 9.20. The fourth-order valence-electron chi connectivity index (χ4n) is 2.10. The molecule has 0 radical (unpaired) electrons. The minimum absolute atomic E-state index is 0.131. The highest BCUT2D eigenvalue weighted by Crippen LogP contribution is 2.17. The molecule has 0 atom stereocenters. The number of anilines is 2. The number of rotatable bonds is 8. The number of carbonyl (C=O) groups is 1. The monoisotopic (exact) mass is 295 g/mol. The molecule has 2 amide bonds. The summed E-state index contributed by atoms with van der Waals surface area (Å²) in [5.74, 6) is 0. The van der Waals surface area contributed by atoms with E-state index in [0.717, 1.165) is 18.8 Å². The van der Waals surface area contributed by atoms with E-state index >= 15 is 0 Å². The number of urea groups is 1. The van der Waals surface area contributed by atoms with Gasteiger partial charge in [-0.25, -0.2) is 4.79 Å². The van der Waals surface area contributed by atoms with Crippen LogP contribution in [0.5, 0.6) is 0 Å². The molecule has 1 aromatic carbocycles. The van der Waals surface area contributed by atoms with Crippen LogP contribution in [0.3, 0.4) is 0 Å². The van der Waals surface area contributed by atoms with Gasteiger partial charge in [0.2, 0.25) is 0 Å². The molecule has 0 unspecified atom stereocenters. The largest absolute Gasteiger partial charge is 0.395 e. The van der Waals surface area contributed by atoms with E-state index in [0.29, 0.717) is 5.69 Å². The van der Waals surface area contributed by atoms with E-state index in [9.17, 15) is 4.79 Å². The summed E-state index contributed by atoms with van der Waals surface area (Å²) in [6, 6.07) is 7.30. The van der Waals surface area contributed by atoms with E-state index in [1.807, 2.05) is 24.3 Å². The molecule has 21 heavy (non-hydrogen) atoms. The molecular formula is C15H25N3O3. The average Bonchev–Trinajstić information content (AvgIpc) is 2.50. The van der Waals surface area contributed by atoms with E-state index in [4.69, 9.17) is 10.2 Å². The number of carbonyl (C=O) groups excluding carboxylic acids is 1. The summed E-state index contributed by atoms with van der Waals surface area (Å²) >= 11 is 0. The van der Waals surface area contributed by atoms with Gasteiger partial charge in [-0.15, -0.1) is 0 Å². The first-order chi connectivity index (χ1) is 10.2. The van der Waals surface area contributed by atoms with Gasteiger partial charge < -0.3 is 25.3 Å². The molecule has 0 aliphatic heterocycles. The Hall–Kier alpha value is -1.79. The SMILES string of the molecule is CCN(CC)c1ccc(NC(=O)N(CCO)CCO)cc1. The highest BCUT2D eigenvalue weighted by Gasteiger charge is 2.12. The van der Waals surface area contributed by atoms with Gasteiger partial charge in [-0.1, -0.05) is 0 Å². The Labute approximate surface area is 126 Å². The Morgan fingerprint density at radius 3 is 2.00 bits per heavy atom. The van der Waals surface area contributed by atoms with Gasteiger partial charge in [0.05, 0.1) is 13.2 Å². The van der Waals surface area contributed by atoms with Crippen LogP contribution in [-0.2, 0) is 0 Å². The van der Waals surface area contributed by atoms with Gasteiger partial charge in [0, 0.05) is 37.6 Å². The van der Waals surface area contributed by atoms with Crippen molar-refractivity contribution in [2.45, 2.75) is 13.8 Å². The number of aliphatic hydroxyl groups excluding tert-OH is 2. The standard InChI is InChI=1S/C15H25N3O3/c1-3-17(4-2)14-7-5-13(6-8-14)16-15(21)18(9-11-19)10-12-20/h5-8,19-20H,3-4,9-12H2,1-2H3,(H,16,21). The van der Waals surface area contributed by atoms with Crippen molar-refractivity contribution in [3.05, 3.63) is 24.3 Å². The zero-order chi connectivity index (χ0) is 15.7. The van der Waals surface area contributed by atoms with Gasteiger partial charge in [0.1, 0.15) is 0 Å². The molecular weight excluding hydrogens is 270 g/mol. The molecule has 6 nitrogen and oxygen atoms in total. The van der Waals surface area contributed by atoms with E-state index in [1.54, 1.807) is 0 Å². The molecule has 1 aromatic rings. The Kier molecular flexibility index (Phi) is 7.56. The lowest BCUT2D eigenvalue weighted by Crippen LogP contribution is -2.38. The van der Waals surface area contributed by atoms with Crippen molar-refractivity contribution >= 4 is 17.4 Å². The minimum Gasteiger partial charge on any atom is -0.395 e. The van der Waals surface area contributed by atoms with Crippen molar-refractivity contribution in [1.29, 1.82) is 0 Å². The van der Waals surface area contributed by atoms with Crippen LogP contribution in [0.2, 0.25) is 0 Å². The first-order valence-corrected chi connectivity index (χ1v) is 7.28. The van der Waals surface area contributed by atoms with Crippen molar-refractivity contribution in [3.8, 4) is 0 Å². The van der Waals surface area contributed by atoms with E-state index in [1.165, 1.54) is 4.90 Å². The first-order valence-electron chi connectivity index (χ1n) is 7.28. The molecule has 118 valence electrons. The fraction of sp³-hybridized carbons (Fsp3) is 0.533. The van der Waals surface area contributed by atoms with Crippen molar-refractivity contribution < 1.29 is 15.0 Å². The molecule has 1 rings (SSSR count).